The molecule has 0 amide bonds. The first kappa shape index (κ1) is 17.9. The SMILES string of the molecule is C1=CN(C2(CN3CCC3)CCC2)CN1c1ccc2cnc(-c3ccccc3)nc2c1. The first-order valence-corrected chi connectivity index (χ1v) is 11.1. The molecular formula is C25H27N5. The van der Waals surface area contributed by atoms with Crippen LogP contribution in [0.2, 0.25) is 0 Å². The third kappa shape index (κ3) is 3.05. The molecule has 0 radical (unpaired) electrons. The number of benzene rings is 2. The Kier molecular flexibility index (Phi) is 4.23. The Hall–Kier alpha value is -2.92. The number of aromatic nitrogens is 2. The Labute approximate surface area is 177 Å². The monoisotopic (exact) mass is 397 g/mol. The molecule has 3 heterocycles. The van der Waals surface area contributed by atoms with Crippen LogP contribution in [0, 0.1) is 0 Å². The first-order chi connectivity index (χ1) is 14.8. The van der Waals surface area contributed by atoms with Crippen molar-refractivity contribution in [3.05, 3.63) is 67.1 Å². The van der Waals surface area contributed by atoms with Crippen LogP contribution in [0.1, 0.15) is 25.7 Å². The Bertz CT molecular complexity index is 1090. The van der Waals surface area contributed by atoms with E-state index >= 15 is 0 Å². The van der Waals surface area contributed by atoms with E-state index < -0.39 is 0 Å². The van der Waals surface area contributed by atoms with Crippen molar-refractivity contribution in [2.75, 3.05) is 31.2 Å². The molecule has 3 aliphatic rings. The molecule has 0 N–H and O–H groups in total. The maximum Gasteiger partial charge on any atom is 0.159 e. The molecule has 0 spiro atoms. The summed E-state index contributed by atoms with van der Waals surface area (Å²) in [4.78, 5) is 16.9. The number of fused-ring (bicyclic) bond motifs is 1. The van der Waals surface area contributed by atoms with Gasteiger partial charge in [0.15, 0.2) is 5.82 Å². The van der Waals surface area contributed by atoms with Crippen molar-refractivity contribution in [3.8, 4) is 11.4 Å². The summed E-state index contributed by atoms with van der Waals surface area (Å²) in [5, 5.41) is 1.08. The van der Waals surface area contributed by atoms with Crippen molar-refractivity contribution < 1.29 is 0 Å². The summed E-state index contributed by atoms with van der Waals surface area (Å²) in [6.07, 6.45) is 11.8. The zero-order chi connectivity index (χ0) is 20.0. The van der Waals surface area contributed by atoms with Crippen molar-refractivity contribution in [3.63, 3.8) is 0 Å². The molecule has 5 heteroatoms. The predicted molar refractivity (Wildman–Crippen MR) is 121 cm³/mol. The number of rotatable bonds is 5. The third-order valence-electron chi connectivity index (χ3n) is 7.02. The summed E-state index contributed by atoms with van der Waals surface area (Å²) in [7, 11) is 0. The fraction of sp³-hybridized carbons (Fsp3) is 0.360. The first-order valence-electron chi connectivity index (χ1n) is 11.1. The molecule has 2 aliphatic heterocycles. The highest BCUT2D eigenvalue weighted by molar-refractivity contribution is 5.83. The summed E-state index contributed by atoms with van der Waals surface area (Å²) in [6, 6.07) is 16.7. The van der Waals surface area contributed by atoms with Gasteiger partial charge in [-0.15, -0.1) is 0 Å². The minimum atomic E-state index is 0.338. The minimum absolute atomic E-state index is 0.338. The van der Waals surface area contributed by atoms with Crippen molar-refractivity contribution in [2.24, 2.45) is 0 Å². The molecule has 6 rings (SSSR count). The minimum Gasteiger partial charge on any atom is -0.351 e. The number of likely N-dealkylation sites (tertiary alicyclic amines) is 1. The topological polar surface area (TPSA) is 35.5 Å². The van der Waals surface area contributed by atoms with E-state index in [9.17, 15) is 0 Å². The molecule has 0 unspecified atom stereocenters. The lowest BCUT2D eigenvalue weighted by Gasteiger charge is -2.52. The van der Waals surface area contributed by atoms with Gasteiger partial charge in [-0.1, -0.05) is 30.3 Å². The zero-order valence-electron chi connectivity index (χ0n) is 17.2. The van der Waals surface area contributed by atoms with Crippen molar-refractivity contribution in [1.29, 1.82) is 0 Å². The summed E-state index contributed by atoms with van der Waals surface area (Å²) >= 11 is 0. The Morgan fingerprint density at radius 3 is 2.53 bits per heavy atom. The predicted octanol–water partition coefficient (Wildman–Crippen LogP) is 4.48. The Balaban J connectivity index is 1.24. The lowest BCUT2D eigenvalue weighted by atomic mass is 9.74. The molecule has 1 aromatic heterocycles. The highest BCUT2D eigenvalue weighted by Crippen LogP contribution is 2.41. The van der Waals surface area contributed by atoms with Gasteiger partial charge in [-0.2, -0.15) is 0 Å². The van der Waals surface area contributed by atoms with E-state index in [-0.39, 0.29) is 0 Å². The second-order valence-corrected chi connectivity index (χ2v) is 8.89. The molecule has 2 aromatic carbocycles. The zero-order valence-corrected chi connectivity index (χ0v) is 17.2. The van der Waals surface area contributed by atoms with Crippen LogP contribution in [0.3, 0.4) is 0 Å². The van der Waals surface area contributed by atoms with Crippen LogP contribution in [0.25, 0.3) is 22.3 Å². The Morgan fingerprint density at radius 1 is 0.933 bits per heavy atom. The molecule has 2 fully saturated rings. The van der Waals surface area contributed by atoms with Gasteiger partial charge in [0, 0.05) is 41.8 Å². The average Bonchev–Trinajstić information content (AvgIpc) is 3.22. The number of nitrogens with zero attached hydrogens (tertiary/aromatic N) is 5. The maximum absolute atomic E-state index is 4.85. The van der Waals surface area contributed by atoms with Crippen molar-refractivity contribution in [1.82, 2.24) is 19.8 Å². The van der Waals surface area contributed by atoms with E-state index in [0.29, 0.717) is 5.54 Å². The van der Waals surface area contributed by atoms with Gasteiger partial charge in [-0.3, -0.25) is 0 Å². The molecular weight excluding hydrogens is 370 g/mol. The highest BCUT2D eigenvalue weighted by Gasteiger charge is 2.44. The average molecular weight is 398 g/mol. The van der Waals surface area contributed by atoms with Gasteiger partial charge >= 0.3 is 0 Å². The van der Waals surface area contributed by atoms with E-state index in [1.54, 1.807) is 0 Å². The molecule has 3 aromatic rings. The fourth-order valence-electron chi connectivity index (χ4n) is 4.89. The smallest absolute Gasteiger partial charge is 0.159 e. The number of hydrogen-bond donors (Lipinski definition) is 0. The lowest BCUT2D eigenvalue weighted by Crippen LogP contribution is -2.60. The van der Waals surface area contributed by atoms with Gasteiger partial charge in [-0.25, -0.2) is 9.97 Å². The van der Waals surface area contributed by atoms with Crippen LogP contribution in [0.15, 0.2) is 67.1 Å². The van der Waals surface area contributed by atoms with Gasteiger partial charge in [0.2, 0.25) is 0 Å². The lowest BCUT2D eigenvalue weighted by molar-refractivity contribution is 0.00535. The molecule has 0 bridgehead atoms. The molecule has 5 nitrogen and oxygen atoms in total. The van der Waals surface area contributed by atoms with Crippen molar-refractivity contribution in [2.45, 2.75) is 31.2 Å². The molecule has 1 saturated heterocycles. The summed E-state index contributed by atoms with van der Waals surface area (Å²) in [6.45, 7) is 4.70. The van der Waals surface area contributed by atoms with Gasteiger partial charge in [-0.05, 0) is 57.0 Å². The van der Waals surface area contributed by atoms with Crippen LogP contribution in [-0.4, -0.2) is 51.6 Å². The molecule has 0 atom stereocenters. The second kappa shape index (κ2) is 7.10. The molecule has 1 saturated carbocycles. The summed E-state index contributed by atoms with van der Waals surface area (Å²) < 4.78 is 0. The van der Waals surface area contributed by atoms with E-state index in [4.69, 9.17) is 4.98 Å². The van der Waals surface area contributed by atoms with E-state index in [1.165, 1.54) is 51.0 Å². The van der Waals surface area contributed by atoms with E-state index in [1.807, 2.05) is 24.4 Å². The van der Waals surface area contributed by atoms with Gasteiger partial charge in [0.1, 0.15) is 0 Å². The number of anilines is 1. The third-order valence-corrected chi connectivity index (χ3v) is 7.02. The van der Waals surface area contributed by atoms with Crippen LogP contribution >= 0.6 is 0 Å². The maximum atomic E-state index is 4.85. The standard InChI is InChI=1S/C25H27N5/c1-2-6-20(7-3-1)24-26-17-21-8-9-22(16-23(21)27-24)29-14-15-30(19-29)25(10-4-11-25)18-28-12-5-13-28/h1-3,6-9,14-17H,4-5,10-13,18-19H2. The van der Waals surface area contributed by atoms with Crippen LogP contribution in [0.4, 0.5) is 5.69 Å². The van der Waals surface area contributed by atoms with Crippen LogP contribution in [0.5, 0.6) is 0 Å². The van der Waals surface area contributed by atoms with Gasteiger partial charge in [0.25, 0.3) is 0 Å². The largest absolute Gasteiger partial charge is 0.351 e. The van der Waals surface area contributed by atoms with Crippen LogP contribution < -0.4 is 4.90 Å². The highest BCUT2D eigenvalue weighted by atomic mass is 15.4. The fourth-order valence-corrected chi connectivity index (χ4v) is 4.89. The molecule has 1 aliphatic carbocycles. The number of hydrogen-bond acceptors (Lipinski definition) is 5. The van der Waals surface area contributed by atoms with E-state index in [0.717, 1.165) is 29.0 Å². The summed E-state index contributed by atoms with van der Waals surface area (Å²) in [5.41, 5.74) is 3.57. The van der Waals surface area contributed by atoms with Crippen LogP contribution in [-0.2, 0) is 0 Å². The molecule has 30 heavy (non-hydrogen) atoms. The normalized spacial score (nSPS) is 20.4. The second-order valence-electron chi connectivity index (χ2n) is 8.89. The summed E-state index contributed by atoms with van der Waals surface area (Å²) in [5.74, 6) is 0.779. The quantitative estimate of drug-likeness (QED) is 0.634. The van der Waals surface area contributed by atoms with Gasteiger partial charge < -0.3 is 14.7 Å². The van der Waals surface area contributed by atoms with Crippen molar-refractivity contribution >= 4 is 16.6 Å². The Morgan fingerprint density at radius 2 is 1.80 bits per heavy atom. The molecule has 152 valence electrons. The van der Waals surface area contributed by atoms with Gasteiger partial charge in [0.05, 0.1) is 17.7 Å². The van der Waals surface area contributed by atoms with E-state index in [2.05, 4.69) is 62.4 Å².